The molecule has 0 amide bonds. The van der Waals surface area contributed by atoms with Crippen molar-refractivity contribution in [1.82, 2.24) is 5.32 Å². The van der Waals surface area contributed by atoms with Gasteiger partial charge in [-0.1, -0.05) is 50.1 Å². The molecule has 1 N–H and O–H groups in total. The predicted molar refractivity (Wildman–Crippen MR) is 94.9 cm³/mol. The second kappa shape index (κ2) is 7.97. The molecule has 0 saturated carbocycles. The van der Waals surface area contributed by atoms with Gasteiger partial charge in [0.05, 0.1) is 0 Å². The van der Waals surface area contributed by atoms with Crippen LogP contribution in [0.25, 0.3) is 0 Å². The Morgan fingerprint density at radius 2 is 1.95 bits per heavy atom. The molecule has 2 rings (SSSR count). The van der Waals surface area contributed by atoms with E-state index in [1.165, 1.54) is 11.1 Å². The van der Waals surface area contributed by atoms with Gasteiger partial charge < -0.3 is 10.1 Å². The van der Waals surface area contributed by atoms with Gasteiger partial charge >= 0.3 is 0 Å². The summed E-state index contributed by atoms with van der Waals surface area (Å²) < 4.78 is 7.93. The fourth-order valence-corrected chi connectivity index (χ4v) is 3.50. The van der Waals surface area contributed by atoms with E-state index >= 15 is 0 Å². The number of hydrogen-bond donors (Lipinski definition) is 1. The number of aryl methyl sites for hydroxylation is 1. The van der Waals surface area contributed by atoms with Crippen LogP contribution in [0.15, 0.2) is 51.4 Å². The van der Waals surface area contributed by atoms with E-state index < -0.39 is 0 Å². The zero-order valence-electron chi connectivity index (χ0n) is 12.2. The number of hydrogen-bond acceptors (Lipinski definition) is 2. The normalized spacial score (nSPS) is 12.2. The highest BCUT2D eigenvalue weighted by Crippen LogP contribution is 2.26. The summed E-state index contributed by atoms with van der Waals surface area (Å²) >= 11 is 7.07. The molecule has 0 aliphatic rings. The van der Waals surface area contributed by atoms with E-state index in [1.807, 2.05) is 12.1 Å². The standard InChI is InChI=1S/C17H19Br2NO/c1-12-4-3-5-15(10-12)21-9-8-20-13(2)16-7-6-14(18)11-17(16)19/h3-7,10-11,13,20H,8-9H2,1-2H3. The average molecular weight is 413 g/mol. The SMILES string of the molecule is Cc1cccc(OCCNC(C)c2ccc(Br)cc2Br)c1. The summed E-state index contributed by atoms with van der Waals surface area (Å²) in [4.78, 5) is 0. The van der Waals surface area contributed by atoms with E-state index in [1.54, 1.807) is 0 Å². The Morgan fingerprint density at radius 1 is 1.14 bits per heavy atom. The van der Waals surface area contributed by atoms with Gasteiger partial charge in [-0.05, 0) is 49.2 Å². The smallest absolute Gasteiger partial charge is 0.119 e. The summed E-state index contributed by atoms with van der Waals surface area (Å²) in [5.74, 6) is 0.925. The van der Waals surface area contributed by atoms with E-state index in [-0.39, 0.29) is 6.04 Å². The van der Waals surface area contributed by atoms with Crippen LogP contribution in [-0.2, 0) is 0 Å². The molecule has 112 valence electrons. The van der Waals surface area contributed by atoms with Gasteiger partial charge in [0.25, 0.3) is 0 Å². The van der Waals surface area contributed by atoms with Crippen LogP contribution in [0.2, 0.25) is 0 Å². The molecular weight excluding hydrogens is 394 g/mol. The van der Waals surface area contributed by atoms with E-state index in [2.05, 4.69) is 81.4 Å². The van der Waals surface area contributed by atoms with Gasteiger partial charge in [-0.2, -0.15) is 0 Å². The summed E-state index contributed by atoms with van der Waals surface area (Å²) in [7, 11) is 0. The number of benzene rings is 2. The lowest BCUT2D eigenvalue weighted by Crippen LogP contribution is -2.24. The molecule has 0 fully saturated rings. The van der Waals surface area contributed by atoms with Crippen LogP contribution < -0.4 is 10.1 Å². The molecule has 0 radical (unpaired) electrons. The molecule has 21 heavy (non-hydrogen) atoms. The van der Waals surface area contributed by atoms with Crippen molar-refractivity contribution in [3.05, 3.63) is 62.5 Å². The Labute approximate surface area is 143 Å². The molecule has 0 aliphatic heterocycles. The van der Waals surface area contributed by atoms with E-state index in [0.717, 1.165) is 21.2 Å². The first kappa shape index (κ1) is 16.5. The van der Waals surface area contributed by atoms with Crippen molar-refractivity contribution >= 4 is 31.9 Å². The molecular formula is C17H19Br2NO. The molecule has 0 aromatic heterocycles. The fourth-order valence-electron chi connectivity index (χ4n) is 2.11. The maximum atomic E-state index is 5.74. The van der Waals surface area contributed by atoms with Gasteiger partial charge in [0.15, 0.2) is 0 Å². The maximum Gasteiger partial charge on any atom is 0.119 e. The number of ether oxygens (including phenoxy) is 1. The largest absolute Gasteiger partial charge is 0.492 e. The summed E-state index contributed by atoms with van der Waals surface area (Å²) in [6.45, 7) is 5.68. The number of rotatable bonds is 6. The molecule has 2 nitrogen and oxygen atoms in total. The number of halogens is 2. The minimum absolute atomic E-state index is 0.272. The summed E-state index contributed by atoms with van der Waals surface area (Å²) in [5, 5.41) is 3.47. The Morgan fingerprint density at radius 3 is 2.67 bits per heavy atom. The zero-order valence-corrected chi connectivity index (χ0v) is 15.4. The van der Waals surface area contributed by atoms with Crippen LogP contribution in [0, 0.1) is 6.92 Å². The zero-order chi connectivity index (χ0) is 15.2. The second-order valence-corrected chi connectivity index (χ2v) is 6.78. The summed E-state index contributed by atoms with van der Waals surface area (Å²) in [6, 6.07) is 14.6. The highest BCUT2D eigenvalue weighted by Gasteiger charge is 2.08. The molecule has 0 saturated heterocycles. The second-order valence-electron chi connectivity index (χ2n) is 5.01. The monoisotopic (exact) mass is 411 g/mol. The minimum Gasteiger partial charge on any atom is -0.492 e. The van der Waals surface area contributed by atoms with Crippen molar-refractivity contribution in [2.45, 2.75) is 19.9 Å². The van der Waals surface area contributed by atoms with Gasteiger partial charge in [0, 0.05) is 21.5 Å². The minimum atomic E-state index is 0.272. The van der Waals surface area contributed by atoms with Crippen LogP contribution in [-0.4, -0.2) is 13.2 Å². The third-order valence-corrected chi connectivity index (χ3v) is 4.42. The van der Waals surface area contributed by atoms with Crippen LogP contribution in [0.5, 0.6) is 5.75 Å². The van der Waals surface area contributed by atoms with Crippen LogP contribution in [0.3, 0.4) is 0 Å². The van der Waals surface area contributed by atoms with Crippen LogP contribution in [0.4, 0.5) is 0 Å². The van der Waals surface area contributed by atoms with Gasteiger partial charge in [-0.25, -0.2) is 0 Å². The topological polar surface area (TPSA) is 21.3 Å². The fraction of sp³-hybridized carbons (Fsp3) is 0.294. The van der Waals surface area contributed by atoms with Gasteiger partial charge in [-0.3, -0.25) is 0 Å². The molecule has 0 heterocycles. The molecule has 0 aliphatic carbocycles. The third kappa shape index (κ3) is 5.13. The average Bonchev–Trinajstić information content (AvgIpc) is 2.43. The third-order valence-electron chi connectivity index (χ3n) is 3.24. The first-order chi connectivity index (χ1) is 10.1. The van der Waals surface area contributed by atoms with E-state index in [4.69, 9.17) is 4.74 Å². The summed E-state index contributed by atoms with van der Waals surface area (Å²) in [6.07, 6.45) is 0. The molecule has 2 aromatic carbocycles. The lowest BCUT2D eigenvalue weighted by molar-refractivity contribution is 0.307. The lowest BCUT2D eigenvalue weighted by Gasteiger charge is -2.16. The van der Waals surface area contributed by atoms with Gasteiger partial charge in [0.2, 0.25) is 0 Å². The quantitative estimate of drug-likeness (QED) is 0.654. The predicted octanol–water partition coefficient (Wildman–Crippen LogP) is 5.25. The molecule has 2 aromatic rings. The Balaban J connectivity index is 1.80. The van der Waals surface area contributed by atoms with Crippen molar-refractivity contribution in [3.8, 4) is 5.75 Å². The molecule has 1 atom stereocenters. The van der Waals surface area contributed by atoms with Crippen molar-refractivity contribution < 1.29 is 4.74 Å². The van der Waals surface area contributed by atoms with Crippen LogP contribution >= 0.6 is 31.9 Å². The van der Waals surface area contributed by atoms with Gasteiger partial charge in [0.1, 0.15) is 12.4 Å². The lowest BCUT2D eigenvalue weighted by atomic mass is 10.1. The Kier molecular flexibility index (Phi) is 6.27. The molecule has 0 bridgehead atoms. The highest BCUT2D eigenvalue weighted by atomic mass is 79.9. The Hall–Kier alpha value is -0.840. The van der Waals surface area contributed by atoms with Gasteiger partial charge in [-0.15, -0.1) is 0 Å². The molecule has 1 unspecified atom stereocenters. The summed E-state index contributed by atoms with van der Waals surface area (Å²) in [5.41, 5.74) is 2.46. The van der Waals surface area contributed by atoms with Crippen molar-refractivity contribution in [2.24, 2.45) is 0 Å². The van der Waals surface area contributed by atoms with Crippen LogP contribution in [0.1, 0.15) is 24.1 Å². The molecule has 0 spiro atoms. The van der Waals surface area contributed by atoms with E-state index in [9.17, 15) is 0 Å². The van der Waals surface area contributed by atoms with Crippen molar-refractivity contribution in [3.63, 3.8) is 0 Å². The molecule has 4 heteroatoms. The maximum absolute atomic E-state index is 5.74. The van der Waals surface area contributed by atoms with Crippen molar-refractivity contribution in [1.29, 1.82) is 0 Å². The van der Waals surface area contributed by atoms with Crippen molar-refractivity contribution in [2.75, 3.05) is 13.2 Å². The van der Waals surface area contributed by atoms with E-state index in [0.29, 0.717) is 6.61 Å². The first-order valence-corrected chi connectivity index (χ1v) is 8.52. The first-order valence-electron chi connectivity index (χ1n) is 6.94. The highest BCUT2D eigenvalue weighted by molar-refractivity contribution is 9.11. The Bertz CT molecular complexity index is 601. The number of nitrogens with one attached hydrogen (secondary N) is 1.